The highest BCUT2D eigenvalue weighted by Crippen LogP contribution is 2.36. The van der Waals surface area contributed by atoms with Crippen molar-refractivity contribution < 1.29 is 0 Å². The quantitative estimate of drug-likeness (QED) is 0.907. The molecule has 1 aliphatic carbocycles. The molecule has 0 amide bonds. The Morgan fingerprint density at radius 3 is 2.70 bits per heavy atom. The molecule has 2 aromatic rings. The van der Waals surface area contributed by atoms with Gasteiger partial charge in [-0.3, -0.25) is 4.68 Å². The first-order valence-electron chi connectivity index (χ1n) is 7.63. The summed E-state index contributed by atoms with van der Waals surface area (Å²) in [7, 11) is 0. The maximum atomic E-state index is 5.92. The Morgan fingerprint density at radius 1 is 1.25 bits per heavy atom. The zero-order chi connectivity index (χ0) is 14.1. The average Bonchev–Trinajstić information content (AvgIpc) is 2.81. The lowest BCUT2D eigenvalue weighted by Gasteiger charge is -2.30. The van der Waals surface area contributed by atoms with Crippen molar-refractivity contribution in [3.8, 4) is 0 Å². The zero-order valence-electron chi connectivity index (χ0n) is 12.4. The van der Waals surface area contributed by atoms with Crippen LogP contribution in [0.15, 0.2) is 24.3 Å². The van der Waals surface area contributed by atoms with Gasteiger partial charge in [0.05, 0.1) is 5.69 Å². The smallest absolute Gasteiger partial charge is 0.0669 e. The van der Waals surface area contributed by atoms with E-state index in [2.05, 4.69) is 42.8 Å². The van der Waals surface area contributed by atoms with Crippen LogP contribution in [0.5, 0.6) is 0 Å². The molecule has 1 atom stereocenters. The van der Waals surface area contributed by atoms with Gasteiger partial charge in [-0.1, -0.05) is 38.1 Å². The summed E-state index contributed by atoms with van der Waals surface area (Å²) >= 11 is 0. The second-order valence-corrected chi connectivity index (χ2v) is 5.57. The largest absolute Gasteiger partial charge is 0.326 e. The average molecular weight is 269 g/mol. The molecule has 3 nitrogen and oxygen atoms in total. The third kappa shape index (κ3) is 2.06. The van der Waals surface area contributed by atoms with Gasteiger partial charge in [0.25, 0.3) is 0 Å². The predicted octanol–water partition coefficient (Wildman–Crippen LogP) is 2.81. The maximum Gasteiger partial charge on any atom is 0.0669 e. The van der Waals surface area contributed by atoms with Crippen molar-refractivity contribution in [1.29, 1.82) is 0 Å². The summed E-state index contributed by atoms with van der Waals surface area (Å²) in [5, 5.41) is 4.80. The fraction of sp³-hybridized carbons (Fsp3) is 0.471. The van der Waals surface area contributed by atoms with Gasteiger partial charge in [0.2, 0.25) is 0 Å². The van der Waals surface area contributed by atoms with Crippen molar-refractivity contribution in [2.24, 2.45) is 5.73 Å². The second-order valence-electron chi connectivity index (χ2n) is 5.57. The number of hydrogen-bond donors (Lipinski definition) is 1. The zero-order valence-corrected chi connectivity index (χ0v) is 12.4. The normalized spacial score (nSPS) is 16.9. The van der Waals surface area contributed by atoms with E-state index in [0.29, 0.717) is 12.5 Å². The molecule has 0 saturated carbocycles. The number of aromatic nitrogens is 2. The van der Waals surface area contributed by atoms with E-state index in [9.17, 15) is 0 Å². The van der Waals surface area contributed by atoms with Gasteiger partial charge in [0.15, 0.2) is 0 Å². The van der Waals surface area contributed by atoms with Crippen molar-refractivity contribution in [3.63, 3.8) is 0 Å². The van der Waals surface area contributed by atoms with Crippen LogP contribution in [0.2, 0.25) is 0 Å². The number of benzene rings is 1. The van der Waals surface area contributed by atoms with Crippen LogP contribution in [0.3, 0.4) is 0 Å². The number of fused-ring (bicyclic) bond motifs is 1. The van der Waals surface area contributed by atoms with Crippen LogP contribution in [0, 0.1) is 0 Å². The summed E-state index contributed by atoms with van der Waals surface area (Å²) in [6.07, 6.45) is 3.15. The first kappa shape index (κ1) is 13.4. The van der Waals surface area contributed by atoms with Crippen molar-refractivity contribution >= 4 is 0 Å². The topological polar surface area (TPSA) is 43.8 Å². The Labute approximate surface area is 120 Å². The molecule has 0 spiro atoms. The maximum absolute atomic E-state index is 5.92. The summed E-state index contributed by atoms with van der Waals surface area (Å²) in [6, 6.07) is 8.75. The molecule has 20 heavy (non-hydrogen) atoms. The summed E-state index contributed by atoms with van der Waals surface area (Å²) in [4.78, 5) is 0. The predicted molar refractivity (Wildman–Crippen MR) is 81.8 cm³/mol. The van der Waals surface area contributed by atoms with Gasteiger partial charge in [0, 0.05) is 30.3 Å². The molecule has 0 saturated heterocycles. The molecule has 106 valence electrons. The van der Waals surface area contributed by atoms with E-state index in [0.717, 1.165) is 19.4 Å². The number of nitrogens with zero attached hydrogens (tertiary/aromatic N) is 2. The molecular weight excluding hydrogens is 246 g/mol. The van der Waals surface area contributed by atoms with E-state index in [-0.39, 0.29) is 0 Å². The lowest BCUT2D eigenvalue weighted by atomic mass is 9.77. The fourth-order valence-corrected chi connectivity index (χ4v) is 3.39. The fourth-order valence-electron chi connectivity index (χ4n) is 3.39. The molecule has 1 unspecified atom stereocenters. The molecular formula is C17H23N3. The monoisotopic (exact) mass is 269 g/mol. The van der Waals surface area contributed by atoms with E-state index >= 15 is 0 Å². The van der Waals surface area contributed by atoms with Crippen LogP contribution in [0.1, 0.15) is 47.8 Å². The summed E-state index contributed by atoms with van der Waals surface area (Å²) < 4.78 is 2.21. The molecule has 1 aromatic carbocycles. The van der Waals surface area contributed by atoms with Crippen molar-refractivity contribution in [2.75, 3.05) is 0 Å². The highest BCUT2D eigenvalue weighted by molar-refractivity contribution is 5.40. The first-order chi connectivity index (χ1) is 9.78. The molecule has 0 radical (unpaired) electrons. The Balaban J connectivity index is 1.87. The Kier molecular flexibility index (Phi) is 3.62. The van der Waals surface area contributed by atoms with Gasteiger partial charge in [-0.2, -0.15) is 5.10 Å². The van der Waals surface area contributed by atoms with Crippen LogP contribution in [0.25, 0.3) is 0 Å². The third-order valence-corrected chi connectivity index (χ3v) is 4.48. The lowest BCUT2D eigenvalue weighted by Crippen LogP contribution is -2.23. The van der Waals surface area contributed by atoms with Crippen molar-refractivity contribution in [2.45, 2.75) is 52.1 Å². The van der Waals surface area contributed by atoms with Crippen LogP contribution < -0.4 is 5.73 Å². The Hall–Kier alpha value is -1.61. The molecule has 3 heteroatoms. The van der Waals surface area contributed by atoms with Crippen LogP contribution in [-0.4, -0.2) is 9.78 Å². The molecule has 0 bridgehead atoms. The Morgan fingerprint density at radius 2 is 2.05 bits per heavy atom. The molecule has 2 N–H and O–H groups in total. The van der Waals surface area contributed by atoms with E-state index in [1.807, 2.05) is 0 Å². The molecule has 1 aliphatic rings. The first-order valence-corrected chi connectivity index (χ1v) is 7.63. The molecule has 0 fully saturated rings. The van der Waals surface area contributed by atoms with Gasteiger partial charge in [-0.25, -0.2) is 0 Å². The van der Waals surface area contributed by atoms with E-state index in [4.69, 9.17) is 10.8 Å². The van der Waals surface area contributed by atoms with Gasteiger partial charge in [0.1, 0.15) is 0 Å². The lowest BCUT2D eigenvalue weighted by molar-refractivity contribution is 0.461. The minimum atomic E-state index is 0.605. The SMILES string of the molecule is CCc1nn(CC2Cc3ccccc32)c(CC)c1CN. The van der Waals surface area contributed by atoms with Crippen LogP contribution in [0.4, 0.5) is 0 Å². The molecule has 3 rings (SSSR count). The van der Waals surface area contributed by atoms with E-state index in [1.54, 1.807) is 0 Å². The van der Waals surface area contributed by atoms with Crippen molar-refractivity contribution in [1.82, 2.24) is 9.78 Å². The van der Waals surface area contributed by atoms with E-state index < -0.39 is 0 Å². The number of rotatable bonds is 5. The molecule has 1 aromatic heterocycles. The van der Waals surface area contributed by atoms with Gasteiger partial charge < -0.3 is 5.73 Å². The minimum Gasteiger partial charge on any atom is -0.326 e. The number of hydrogen-bond acceptors (Lipinski definition) is 2. The summed E-state index contributed by atoms with van der Waals surface area (Å²) in [5.74, 6) is 0.617. The highest BCUT2D eigenvalue weighted by Gasteiger charge is 2.27. The minimum absolute atomic E-state index is 0.605. The standard InChI is InChI=1S/C17H23N3/c1-3-16-15(10-18)17(4-2)20(19-16)11-13-9-12-7-5-6-8-14(12)13/h5-8,13H,3-4,9-11,18H2,1-2H3. The highest BCUT2D eigenvalue weighted by atomic mass is 15.3. The van der Waals surface area contributed by atoms with Crippen LogP contribution >= 0.6 is 0 Å². The van der Waals surface area contributed by atoms with Gasteiger partial charge >= 0.3 is 0 Å². The Bertz CT molecular complexity index is 613. The number of nitrogens with two attached hydrogens (primary N) is 1. The second kappa shape index (κ2) is 5.41. The van der Waals surface area contributed by atoms with Gasteiger partial charge in [-0.05, 0) is 30.4 Å². The summed E-state index contributed by atoms with van der Waals surface area (Å²) in [5.41, 5.74) is 12.7. The molecule has 1 heterocycles. The molecule has 0 aliphatic heterocycles. The van der Waals surface area contributed by atoms with Gasteiger partial charge in [-0.15, -0.1) is 0 Å². The number of aryl methyl sites for hydroxylation is 1. The van der Waals surface area contributed by atoms with Crippen molar-refractivity contribution in [3.05, 3.63) is 52.3 Å². The van der Waals surface area contributed by atoms with E-state index in [1.165, 1.54) is 34.5 Å². The summed E-state index contributed by atoms with van der Waals surface area (Å²) in [6.45, 7) is 5.95. The third-order valence-electron chi connectivity index (χ3n) is 4.48. The van der Waals surface area contributed by atoms with Crippen LogP contribution in [-0.2, 0) is 32.4 Å².